The van der Waals surface area contributed by atoms with E-state index >= 15 is 0 Å². The number of rotatable bonds is 3. The molecule has 29 heavy (non-hydrogen) atoms. The molecule has 2 aliphatic rings. The lowest BCUT2D eigenvalue weighted by Crippen LogP contribution is -2.13. The van der Waals surface area contributed by atoms with Crippen LogP contribution < -0.4 is 0 Å². The van der Waals surface area contributed by atoms with Gasteiger partial charge in [0.25, 0.3) is 0 Å². The monoisotopic (exact) mass is 370 g/mol. The SMILES string of the molecule is C1=CCC(C(c2ccccc2)C2c3ccccc3-c3ccc4ccccc4c32)=C1. The second-order valence-electron chi connectivity index (χ2n) is 8.08. The quantitative estimate of drug-likeness (QED) is 0.348. The zero-order valence-electron chi connectivity index (χ0n) is 16.3. The highest BCUT2D eigenvalue weighted by Gasteiger charge is 2.37. The number of benzene rings is 4. The van der Waals surface area contributed by atoms with Gasteiger partial charge in [-0.1, -0.05) is 115 Å². The molecule has 6 rings (SSSR count). The van der Waals surface area contributed by atoms with Crippen LogP contribution >= 0.6 is 0 Å². The first-order valence-corrected chi connectivity index (χ1v) is 10.4. The van der Waals surface area contributed by atoms with E-state index in [1.165, 1.54) is 44.2 Å². The van der Waals surface area contributed by atoms with Crippen molar-refractivity contribution in [1.29, 1.82) is 0 Å². The van der Waals surface area contributed by atoms with E-state index in [9.17, 15) is 0 Å². The molecule has 0 N–H and O–H groups in total. The molecule has 0 heteroatoms. The van der Waals surface area contributed by atoms with E-state index in [1.807, 2.05) is 0 Å². The van der Waals surface area contributed by atoms with Crippen LogP contribution in [0.1, 0.15) is 34.9 Å². The molecule has 2 aliphatic carbocycles. The summed E-state index contributed by atoms with van der Waals surface area (Å²) in [6.07, 6.45) is 7.88. The summed E-state index contributed by atoms with van der Waals surface area (Å²) in [7, 11) is 0. The number of allylic oxidation sites excluding steroid dienone is 4. The Bertz CT molecular complexity index is 1270. The maximum Gasteiger partial charge on any atom is 0.0214 e. The van der Waals surface area contributed by atoms with E-state index in [0.29, 0.717) is 11.8 Å². The van der Waals surface area contributed by atoms with Gasteiger partial charge in [0, 0.05) is 11.8 Å². The molecule has 4 aromatic carbocycles. The fourth-order valence-corrected chi connectivity index (χ4v) is 5.36. The smallest absolute Gasteiger partial charge is 0.0214 e. The second-order valence-corrected chi connectivity index (χ2v) is 8.08. The predicted octanol–water partition coefficient (Wildman–Crippen LogP) is 7.62. The Morgan fingerprint density at radius 1 is 0.690 bits per heavy atom. The first kappa shape index (κ1) is 16.6. The van der Waals surface area contributed by atoms with Gasteiger partial charge in [-0.2, -0.15) is 0 Å². The minimum absolute atomic E-state index is 0.334. The Morgan fingerprint density at radius 3 is 2.34 bits per heavy atom. The lowest BCUT2D eigenvalue weighted by Gasteiger charge is -2.28. The lowest BCUT2D eigenvalue weighted by atomic mass is 9.74. The van der Waals surface area contributed by atoms with Crippen LogP contribution in [0.15, 0.2) is 115 Å². The van der Waals surface area contributed by atoms with Crippen molar-refractivity contribution in [3.8, 4) is 11.1 Å². The molecule has 0 radical (unpaired) electrons. The molecule has 0 spiro atoms. The predicted molar refractivity (Wildman–Crippen MR) is 122 cm³/mol. The van der Waals surface area contributed by atoms with Crippen molar-refractivity contribution in [1.82, 2.24) is 0 Å². The topological polar surface area (TPSA) is 0 Å². The normalized spacial score (nSPS) is 17.8. The van der Waals surface area contributed by atoms with Crippen LogP contribution in [0.2, 0.25) is 0 Å². The molecule has 0 heterocycles. The summed E-state index contributed by atoms with van der Waals surface area (Å²) in [6.45, 7) is 0. The van der Waals surface area contributed by atoms with E-state index in [0.717, 1.165) is 6.42 Å². The zero-order chi connectivity index (χ0) is 19.2. The van der Waals surface area contributed by atoms with E-state index in [-0.39, 0.29) is 0 Å². The standard InChI is InChI=1S/C29H22/c1-2-11-21(12-3-1)27(22-13-4-5-14-22)29-25-17-9-8-16-24(25)26-19-18-20-10-6-7-15-23(20)28(26)29/h1-13,15-19,27,29H,14H2. The molecule has 0 bridgehead atoms. The summed E-state index contributed by atoms with van der Waals surface area (Å²) >= 11 is 0. The Balaban J connectivity index is 1.67. The molecule has 138 valence electrons. The average Bonchev–Trinajstić information content (AvgIpc) is 3.42. The van der Waals surface area contributed by atoms with Crippen molar-refractivity contribution < 1.29 is 0 Å². The van der Waals surface area contributed by atoms with Crippen LogP contribution in [0, 0.1) is 0 Å². The van der Waals surface area contributed by atoms with Gasteiger partial charge in [0.05, 0.1) is 0 Å². The fraction of sp³-hybridized carbons (Fsp3) is 0.103. The van der Waals surface area contributed by atoms with Gasteiger partial charge in [-0.25, -0.2) is 0 Å². The highest BCUT2D eigenvalue weighted by molar-refractivity contribution is 5.96. The number of hydrogen-bond acceptors (Lipinski definition) is 0. The molecule has 4 aromatic rings. The van der Waals surface area contributed by atoms with E-state index < -0.39 is 0 Å². The Morgan fingerprint density at radius 2 is 1.48 bits per heavy atom. The van der Waals surface area contributed by atoms with Crippen molar-refractivity contribution in [2.45, 2.75) is 18.3 Å². The average molecular weight is 370 g/mol. The Labute approximate surface area is 171 Å². The third-order valence-electron chi connectivity index (χ3n) is 6.56. The fourth-order valence-electron chi connectivity index (χ4n) is 5.36. The molecule has 0 amide bonds. The van der Waals surface area contributed by atoms with Gasteiger partial charge in [-0.15, -0.1) is 0 Å². The molecule has 0 aromatic heterocycles. The van der Waals surface area contributed by atoms with Gasteiger partial charge in [-0.05, 0) is 45.0 Å². The van der Waals surface area contributed by atoms with Gasteiger partial charge in [-0.3, -0.25) is 0 Å². The zero-order valence-corrected chi connectivity index (χ0v) is 16.3. The highest BCUT2D eigenvalue weighted by Crippen LogP contribution is 2.55. The molecule has 0 fully saturated rings. The minimum atomic E-state index is 0.334. The van der Waals surface area contributed by atoms with Crippen LogP contribution in [0.3, 0.4) is 0 Å². The molecule has 2 atom stereocenters. The molecule has 0 aliphatic heterocycles. The first-order chi connectivity index (χ1) is 14.4. The third-order valence-corrected chi connectivity index (χ3v) is 6.56. The van der Waals surface area contributed by atoms with Crippen LogP contribution in [-0.2, 0) is 0 Å². The highest BCUT2D eigenvalue weighted by atomic mass is 14.4. The van der Waals surface area contributed by atoms with Crippen molar-refractivity contribution in [2.24, 2.45) is 0 Å². The van der Waals surface area contributed by atoms with Gasteiger partial charge in [0.2, 0.25) is 0 Å². The summed E-state index contributed by atoms with van der Waals surface area (Å²) in [5.74, 6) is 0.681. The van der Waals surface area contributed by atoms with E-state index in [2.05, 4.69) is 109 Å². The van der Waals surface area contributed by atoms with E-state index in [4.69, 9.17) is 0 Å². The maximum absolute atomic E-state index is 2.34. The first-order valence-electron chi connectivity index (χ1n) is 10.4. The van der Waals surface area contributed by atoms with Crippen molar-refractivity contribution in [2.75, 3.05) is 0 Å². The van der Waals surface area contributed by atoms with Gasteiger partial charge in [0.15, 0.2) is 0 Å². The van der Waals surface area contributed by atoms with Crippen LogP contribution in [0.4, 0.5) is 0 Å². The summed E-state index contributed by atoms with van der Waals surface area (Å²) in [5.41, 5.74) is 8.66. The van der Waals surface area contributed by atoms with Crippen molar-refractivity contribution in [3.63, 3.8) is 0 Å². The lowest BCUT2D eigenvalue weighted by molar-refractivity contribution is 0.689. The second kappa shape index (κ2) is 6.60. The molecule has 2 unspecified atom stereocenters. The van der Waals surface area contributed by atoms with Crippen molar-refractivity contribution >= 4 is 10.8 Å². The summed E-state index contributed by atoms with van der Waals surface area (Å²) < 4.78 is 0. The maximum atomic E-state index is 2.34. The van der Waals surface area contributed by atoms with Gasteiger partial charge < -0.3 is 0 Å². The molecule has 0 saturated carbocycles. The Kier molecular flexibility index (Phi) is 3.77. The number of hydrogen-bond donors (Lipinski definition) is 0. The molecular formula is C29H22. The van der Waals surface area contributed by atoms with Gasteiger partial charge >= 0.3 is 0 Å². The largest absolute Gasteiger partial charge is 0.0804 e. The van der Waals surface area contributed by atoms with Gasteiger partial charge in [0.1, 0.15) is 0 Å². The van der Waals surface area contributed by atoms with Crippen LogP contribution in [0.5, 0.6) is 0 Å². The van der Waals surface area contributed by atoms with Crippen LogP contribution in [0.25, 0.3) is 21.9 Å². The molecule has 0 saturated heterocycles. The summed E-state index contributed by atoms with van der Waals surface area (Å²) in [4.78, 5) is 0. The van der Waals surface area contributed by atoms with Crippen molar-refractivity contribution in [3.05, 3.63) is 131 Å². The third kappa shape index (κ3) is 2.53. The molecular weight excluding hydrogens is 348 g/mol. The molecule has 0 nitrogen and oxygen atoms in total. The number of fused-ring (bicyclic) bond motifs is 5. The minimum Gasteiger partial charge on any atom is -0.0804 e. The summed E-state index contributed by atoms with van der Waals surface area (Å²) in [5, 5.41) is 2.72. The Hall–Kier alpha value is -3.38. The summed E-state index contributed by atoms with van der Waals surface area (Å²) in [6, 6.07) is 33.6. The van der Waals surface area contributed by atoms with Crippen LogP contribution in [-0.4, -0.2) is 0 Å². The van der Waals surface area contributed by atoms with E-state index in [1.54, 1.807) is 0 Å².